The fraction of sp³-hybridized carbons (Fsp3) is 0.538. The van der Waals surface area contributed by atoms with Crippen molar-refractivity contribution in [2.45, 2.75) is 12.5 Å². The number of rotatable bonds is 4. The molecule has 1 aromatic carbocycles. The second-order valence-electron chi connectivity index (χ2n) is 5.15. The standard InChI is InChI=1S/C13H18F2N4O2/c1-17-4-5-18(10(7-16)8-17)12-3-2-9(19(20)21)6-11(12)13(14)15/h2-3,6,10,13H,4-5,7-8,16H2,1H3. The van der Waals surface area contributed by atoms with Crippen molar-refractivity contribution < 1.29 is 13.7 Å². The molecular weight excluding hydrogens is 282 g/mol. The molecule has 1 aliphatic heterocycles. The maximum Gasteiger partial charge on any atom is 0.270 e. The van der Waals surface area contributed by atoms with E-state index in [-0.39, 0.29) is 17.3 Å². The first kappa shape index (κ1) is 15.6. The number of hydrogen-bond acceptors (Lipinski definition) is 5. The summed E-state index contributed by atoms with van der Waals surface area (Å²) in [5, 5.41) is 10.7. The van der Waals surface area contributed by atoms with Gasteiger partial charge in [0.25, 0.3) is 12.1 Å². The summed E-state index contributed by atoms with van der Waals surface area (Å²) in [4.78, 5) is 14.0. The largest absolute Gasteiger partial charge is 0.364 e. The molecule has 0 spiro atoms. The van der Waals surface area contributed by atoms with Gasteiger partial charge in [-0.2, -0.15) is 0 Å². The van der Waals surface area contributed by atoms with Gasteiger partial charge in [0.2, 0.25) is 0 Å². The number of nitrogens with two attached hydrogens (primary N) is 1. The van der Waals surface area contributed by atoms with Crippen molar-refractivity contribution in [3.63, 3.8) is 0 Å². The van der Waals surface area contributed by atoms with Crippen LogP contribution in [0.3, 0.4) is 0 Å². The maximum absolute atomic E-state index is 13.2. The lowest BCUT2D eigenvalue weighted by Crippen LogP contribution is -2.55. The molecule has 21 heavy (non-hydrogen) atoms. The summed E-state index contributed by atoms with van der Waals surface area (Å²) in [5.74, 6) is 0. The minimum Gasteiger partial charge on any atom is -0.364 e. The molecule has 6 nitrogen and oxygen atoms in total. The number of piperazine rings is 1. The Balaban J connectivity index is 2.40. The number of alkyl halides is 2. The molecule has 0 saturated carbocycles. The second-order valence-corrected chi connectivity index (χ2v) is 5.15. The molecule has 0 amide bonds. The molecule has 0 aromatic heterocycles. The zero-order valence-corrected chi connectivity index (χ0v) is 11.7. The van der Waals surface area contributed by atoms with Crippen LogP contribution in [-0.4, -0.2) is 49.1 Å². The number of nitrogens with zero attached hydrogens (tertiary/aromatic N) is 3. The smallest absolute Gasteiger partial charge is 0.270 e. The molecule has 0 aliphatic carbocycles. The van der Waals surface area contributed by atoms with Gasteiger partial charge >= 0.3 is 0 Å². The van der Waals surface area contributed by atoms with Gasteiger partial charge in [0.15, 0.2) is 0 Å². The van der Waals surface area contributed by atoms with Gasteiger partial charge in [-0.05, 0) is 13.1 Å². The zero-order valence-electron chi connectivity index (χ0n) is 11.7. The minimum atomic E-state index is -2.77. The van der Waals surface area contributed by atoms with Gasteiger partial charge in [-0.3, -0.25) is 10.1 Å². The Morgan fingerprint density at radius 2 is 2.19 bits per heavy atom. The summed E-state index contributed by atoms with van der Waals surface area (Å²) >= 11 is 0. The lowest BCUT2D eigenvalue weighted by molar-refractivity contribution is -0.385. The van der Waals surface area contributed by atoms with Crippen LogP contribution in [0.5, 0.6) is 0 Å². The van der Waals surface area contributed by atoms with Gasteiger partial charge in [0, 0.05) is 49.6 Å². The van der Waals surface area contributed by atoms with Crippen molar-refractivity contribution in [2.75, 3.05) is 38.1 Å². The number of halogens is 2. The number of benzene rings is 1. The van der Waals surface area contributed by atoms with Gasteiger partial charge < -0.3 is 15.5 Å². The minimum absolute atomic E-state index is 0.0808. The average molecular weight is 300 g/mol. The topological polar surface area (TPSA) is 75.6 Å². The number of anilines is 1. The van der Waals surface area contributed by atoms with Crippen molar-refractivity contribution in [3.8, 4) is 0 Å². The first-order valence-corrected chi connectivity index (χ1v) is 6.65. The maximum atomic E-state index is 13.2. The molecule has 2 N–H and O–H groups in total. The van der Waals surface area contributed by atoms with Gasteiger partial charge in [0.05, 0.1) is 11.0 Å². The van der Waals surface area contributed by atoms with E-state index in [0.717, 1.165) is 12.6 Å². The van der Waals surface area contributed by atoms with Crippen molar-refractivity contribution in [1.82, 2.24) is 4.90 Å². The predicted octanol–water partition coefficient (Wildman–Crippen LogP) is 1.61. The SMILES string of the molecule is CN1CCN(c2ccc([N+](=O)[O-])cc2C(F)F)C(CN)C1. The number of nitro groups is 1. The summed E-state index contributed by atoms with van der Waals surface area (Å²) in [5.41, 5.74) is 5.43. The second kappa shape index (κ2) is 6.31. The third-order valence-corrected chi connectivity index (χ3v) is 3.72. The van der Waals surface area contributed by atoms with Crippen LogP contribution in [0.25, 0.3) is 0 Å². The number of non-ortho nitro benzene ring substituents is 1. The fourth-order valence-electron chi connectivity index (χ4n) is 2.62. The Kier molecular flexibility index (Phi) is 4.69. The van der Waals surface area contributed by atoms with Crippen LogP contribution < -0.4 is 10.6 Å². The third kappa shape index (κ3) is 3.27. The van der Waals surface area contributed by atoms with E-state index in [4.69, 9.17) is 5.73 Å². The Morgan fingerprint density at radius 3 is 2.76 bits per heavy atom. The van der Waals surface area contributed by atoms with Gasteiger partial charge in [-0.1, -0.05) is 0 Å². The molecule has 1 aromatic rings. The first-order valence-electron chi connectivity index (χ1n) is 6.65. The molecule has 1 fully saturated rings. The van der Waals surface area contributed by atoms with Crippen molar-refractivity contribution in [1.29, 1.82) is 0 Å². The summed E-state index contributed by atoms with van der Waals surface area (Å²) in [6.45, 7) is 2.31. The van der Waals surface area contributed by atoms with Crippen LogP contribution in [0.4, 0.5) is 20.2 Å². The van der Waals surface area contributed by atoms with Gasteiger partial charge in [-0.25, -0.2) is 8.78 Å². The molecule has 1 saturated heterocycles. The lowest BCUT2D eigenvalue weighted by atomic mass is 10.1. The van der Waals surface area contributed by atoms with Crippen molar-refractivity contribution in [3.05, 3.63) is 33.9 Å². The number of hydrogen-bond donors (Lipinski definition) is 1. The van der Waals surface area contributed by atoms with Crippen LogP contribution in [0.1, 0.15) is 12.0 Å². The molecule has 2 rings (SSSR count). The molecular formula is C13H18F2N4O2. The number of nitro benzene ring substituents is 1. The summed E-state index contributed by atoms with van der Waals surface area (Å²) in [6, 6.07) is 3.52. The van der Waals surface area contributed by atoms with E-state index in [9.17, 15) is 18.9 Å². The van der Waals surface area contributed by atoms with Crippen molar-refractivity contribution in [2.24, 2.45) is 5.73 Å². The van der Waals surface area contributed by atoms with Crippen LogP contribution in [-0.2, 0) is 0 Å². The highest BCUT2D eigenvalue weighted by Gasteiger charge is 2.29. The fourth-order valence-corrected chi connectivity index (χ4v) is 2.62. The van der Waals surface area contributed by atoms with E-state index in [1.54, 1.807) is 0 Å². The zero-order chi connectivity index (χ0) is 15.6. The van der Waals surface area contributed by atoms with E-state index in [1.807, 2.05) is 11.9 Å². The molecule has 1 atom stereocenters. The predicted molar refractivity (Wildman–Crippen MR) is 75.7 cm³/mol. The van der Waals surface area contributed by atoms with E-state index in [1.165, 1.54) is 12.1 Å². The highest BCUT2D eigenvalue weighted by Crippen LogP contribution is 2.34. The first-order chi connectivity index (χ1) is 9.93. The Hall–Kier alpha value is -1.80. The van der Waals surface area contributed by atoms with E-state index in [0.29, 0.717) is 25.3 Å². The highest BCUT2D eigenvalue weighted by molar-refractivity contribution is 5.59. The van der Waals surface area contributed by atoms with Crippen LogP contribution in [0.15, 0.2) is 18.2 Å². The molecule has 0 bridgehead atoms. The van der Waals surface area contributed by atoms with Crippen LogP contribution >= 0.6 is 0 Å². The normalized spacial score (nSPS) is 20.0. The lowest BCUT2D eigenvalue weighted by Gasteiger charge is -2.41. The molecule has 1 aliphatic rings. The molecule has 116 valence electrons. The monoisotopic (exact) mass is 300 g/mol. The molecule has 1 heterocycles. The highest BCUT2D eigenvalue weighted by atomic mass is 19.3. The molecule has 8 heteroatoms. The Morgan fingerprint density at radius 1 is 1.48 bits per heavy atom. The van der Waals surface area contributed by atoms with Crippen LogP contribution in [0.2, 0.25) is 0 Å². The van der Waals surface area contributed by atoms with Crippen molar-refractivity contribution >= 4 is 11.4 Å². The molecule has 1 unspecified atom stereocenters. The van der Waals surface area contributed by atoms with E-state index < -0.39 is 11.3 Å². The van der Waals surface area contributed by atoms with Crippen LogP contribution in [0, 0.1) is 10.1 Å². The third-order valence-electron chi connectivity index (χ3n) is 3.72. The Bertz CT molecular complexity index is 527. The summed E-state index contributed by atoms with van der Waals surface area (Å²) in [7, 11) is 1.95. The van der Waals surface area contributed by atoms with E-state index >= 15 is 0 Å². The summed E-state index contributed by atoms with van der Waals surface area (Å²) in [6.07, 6.45) is -2.77. The van der Waals surface area contributed by atoms with E-state index in [2.05, 4.69) is 4.90 Å². The number of likely N-dealkylation sites (N-methyl/N-ethyl adjacent to an activating group) is 1. The quantitative estimate of drug-likeness (QED) is 0.675. The van der Waals surface area contributed by atoms with Gasteiger partial charge in [-0.15, -0.1) is 0 Å². The Labute approximate surface area is 121 Å². The molecule has 0 radical (unpaired) electrons. The van der Waals surface area contributed by atoms with Gasteiger partial charge in [0.1, 0.15) is 0 Å². The summed E-state index contributed by atoms with van der Waals surface area (Å²) < 4.78 is 26.5. The average Bonchev–Trinajstić information content (AvgIpc) is 2.46.